The third kappa shape index (κ3) is 5.31. The summed E-state index contributed by atoms with van der Waals surface area (Å²) < 4.78 is 23.5. The van der Waals surface area contributed by atoms with E-state index >= 15 is 0 Å². The van der Waals surface area contributed by atoms with Crippen LogP contribution >= 0.6 is 0 Å². The number of sulfone groups is 1. The van der Waals surface area contributed by atoms with Gasteiger partial charge in [-0.15, -0.1) is 0 Å². The van der Waals surface area contributed by atoms with Crippen molar-refractivity contribution in [1.29, 1.82) is 0 Å². The molecule has 0 radical (unpaired) electrons. The topological polar surface area (TPSA) is 126 Å². The molecule has 0 saturated heterocycles. The van der Waals surface area contributed by atoms with Crippen molar-refractivity contribution in [3.63, 3.8) is 0 Å². The number of amides is 1. The van der Waals surface area contributed by atoms with Crippen LogP contribution in [0.5, 0.6) is 0 Å². The van der Waals surface area contributed by atoms with Crippen LogP contribution < -0.4 is 11.0 Å². The predicted octanol–water partition coefficient (Wildman–Crippen LogP) is 1.14. The number of carbonyl (C=O) groups excluding carboxylic acids is 1. The van der Waals surface area contributed by atoms with Crippen LogP contribution in [0.1, 0.15) is 25.8 Å². The van der Waals surface area contributed by atoms with Gasteiger partial charge in [0.25, 0.3) is 11.5 Å². The highest BCUT2D eigenvalue weighted by Gasteiger charge is 2.43. The fraction of sp³-hybridized carbons (Fsp3) is 0.400. The number of aromatic nitrogens is 1. The number of hydrogen-bond acceptors (Lipinski definition) is 6. The molecule has 0 saturated carbocycles. The maximum Gasteiger partial charge on any atom is 0.264 e. The molecule has 2 aromatic rings. The molecule has 2 atom stereocenters. The molecule has 9 heteroatoms. The molecular formula is C20H26N2O6S. The van der Waals surface area contributed by atoms with Gasteiger partial charge in [-0.1, -0.05) is 24.3 Å². The number of nitrogens with one attached hydrogen (secondary N) is 1. The minimum Gasteiger partial charge on any atom is -0.393 e. The monoisotopic (exact) mass is 422 g/mol. The van der Waals surface area contributed by atoms with Crippen LogP contribution in [0.3, 0.4) is 0 Å². The average molecular weight is 423 g/mol. The van der Waals surface area contributed by atoms with Gasteiger partial charge in [-0.3, -0.25) is 14.8 Å². The lowest BCUT2D eigenvalue weighted by molar-refractivity contribution is -0.131. The fourth-order valence-corrected chi connectivity index (χ4v) is 3.81. The van der Waals surface area contributed by atoms with Gasteiger partial charge in [0.05, 0.1) is 6.10 Å². The van der Waals surface area contributed by atoms with Gasteiger partial charge < -0.3 is 9.67 Å². The Morgan fingerprint density at radius 3 is 2.31 bits per heavy atom. The Kier molecular flexibility index (Phi) is 6.99. The molecule has 2 unspecified atom stereocenters. The summed E-state index contributed by atoms with van der Waals surface area (Å²) in [7, 11) is -3.83. The first kappa shape index (κ1) is 22.8. The molecule has 29 heavy (non-hydrogen) atoms. The lowest BCUT2D eigenvalue weighted by Gasteiger charge is -2.25. The SMILES string of the molecule is CC(O)Cc1ccc(-c2ccn(CCC(C)(C(=O)NO)S(C)(=O)=O)c(=O)c2)cc1. The Morgan fingerprint density at radius 1 is 1.21 bits per heavy atom. The van der Waals surface area contributed by atoms with Crippen molar-refractivity contribution in [2.75, 3.05) is 6.26 Å². The van der Waals surface area contributed by atoms with Crippen LogP contribution in [0.2, 0.25) is 0 Å². The van der Waals surface area contributed by atoms with Gasteiger partial charge in [0, 0.05) is 25.1 Å². The molecule has 0 aliphatic carbocycles. The molecule has 0 spiro atoms. The number of hydroxylamine groups is 1. The molecule has 2 rings (SSSR count). The fourth-order valence-electron chi connectivity index (χ4n) is 2.97. The summed E-state index contributed by atoms with van der Waals surface area (Å²) in [4.78, 5) is 24.3. The molecule has 1 aromatic carbocycles. The molecule has 158 valence electrons. The number of aliphatic hydroxyl groups is 1. The van der Waals surface area contributed by atoms with Gasteiger partial charge in [-0.25, -0.2) is 13.9 Å². The lowest BCUT2D eigenvalue weighted by atomic mass is 10.0. The summed E-state index contributed by atoms with van der Waals surface area (Å²) in [5.74, 6) is -1.04. The van der Waals surface area contributed by atoms with Crippen molar-refractivity contribution in [3.05, 3.63) is 58.5 Å². The van der Waals surface area contributed by atoms with Crippen LogP contribution in [0.15, 0.2) is 47.4 Å². The first-order valence-electron chi connectivity index (χ1n) is 9.10. The Labute approximate surface area is 169 Å². The van der Waals surface area contributed by atoms with E-state index < -0.39 is 26.6 Å². The summed E-state index contributed by atoms with van der Waals surface area (Å²) in [6, 6.07) is 10.7. The molecule has 1 aromatic heterocycles. The summed E-state index contributed by atoms with van der Waals surface area (Å²) >= 11 is 0. The maximum atomic E-state index is 12.5. The maximum absolute atomic E-state index is 12.5. The highest BCUT2D eigenvalue weighted by atomic mass is 32.2. The third-order valence-electron chi connectivity index (χ3n) is 5.04. The summed E-state index contributed by atoms with van der Waals surface area (Å²) in [6.45, 7) is 2.91. The summed E-state index contributed by atoms with van der Waals surface area (Å²) in [5, 5.41) is 18.3. The van der Waals surface area contributed by atoms with Gasteiger partial charge in [0.15, 0.2) is 14.6 Å². The number of hydrogen-bond donors (Lipinski definition) is 3. The number of aliphatic hydroxyl groups excluding tert-OH is 1. The van der Waals surface area contributed by atoms with Crippen molar-refractivity contribution in [2.45, 2.75) is 44.1 Å². The van der Waals surface area contributed by atoms with E-state index in [9.17, 15) is 23.1 Å². The second kappa shape index (κ2) is 8.89. The van der Waals surface area contributed by atoms with Gasteiger partial charge in [-0.2, -0.15) is 0 Å². The zero-order valence-electron chi connectivity index (χ0n) is 16.6. The van der Waals surface area contributed by atoms with Crippen molar-refractivity contribution < 1.29 is 23.5 Å². The van der Waals surface area contributed by atoms with Crippen molar-refractivity contribution >= 4 is 15.7 Å². The van der Waals surface area contributed by atoms with E-state index in [1.807, 2.05) is 24.3 Å². The number of benzene rings is 1. The number of aryl methyl sites for hydroxylation is 1. The zero-order chi connectivity index (χ0) is 21.8. The van der Waals surface area contributed by atoms with E-state index in [-0.39, 0.29) is 18.5 Å². The van der Waals surface area contributed by atoms with Crippen LogP contribution in [0.25, 0.3) is 11.1 Å². The molecular weight excluding hydrogens is 396 g/mol. The van der Waals surface area contributed by atoms with Crippen LogP contribution in [-0.2, 0) is 27.6 Å². The average Bonchev–Trinajstić information content (AvgIpc) is 2.65. The third-order valence-corrected chi connectivity index (χ3v) is 7.07. The van der Waals surface area contributed by atoms with Crippen LogP contribution in [-0.4, -0.2) is 46.3 Å². The largest absolute Gasteiger partial charge is 0.393 e. The zero-order valence-corrected chi connectivity index (χ0v) is 17.4. The number of pyridine rings is 1. The molecule has 8 nitrogen and oxygen atoms in total. The molecule has 1 heterocycles. The number of carbonyl (C=O) groups is 1. The Hall–Kier alpha value is -2.49. The Balaban J connectivity index is 2.21. The van der Waals surface area contributed by atoms with E-state index in [0.29, 0.717) is 12.0 Å². The minimum absolute atomic E-state index is 0.0105. The smallest absolute Gasteiger partial charge is 0.264 e. The normalized spacial score (nSPS) is 14.8. The molecule has 0 aliphatic heterocycles. The molecule has 0 aliphatic rings. The second-order valence-corrected chi connectivity index (χ2v) is 9.84. The van der Waals surface area contributed by atoms with E-state index in [0.717, 1.165) is 17.4 Å². The van der Waals surface area contributed by atoms with E-state index in [1.165, 1.54) is 23.0 Å². The highest BCUT2D eigenvalue weighted by molar-refractivity contribution is 7.92. The number of rotatable bonds is 8. The number of nitrogens with zero attached hydrogens (tertiary/aromatic N) is 1. The van der Waals surface area contributed by atoms with Crippen LogP contribution in [0.4, 0.5) is 0 Å². The quantitative estimate of drug-likeness (QED) is 0.433. The van der Waals surface area contributed by atoms with Crippen molar-refractivity contribution in [3.8, 4) is 11.1 Å². The second-order valence-electron chi connectivity index (χ2n) is 7.39. The Bertz CT molecular complexity index is 1030. The van der Waals surface area contributed by atoms with E-state index in [2.05, 4.69) is 0 Å². The lowest BCUT2D eigenvalue weighted by Crippen LogP contribution is -2.49. The molecule has 1 amide bonds. The first-order chi connectivity index (χ1) is 13.5. The van der Waals surface area contributed by atoms with Crippen molar-refractivity contribution in [2.24, 2.45) is 0 Å². The first-order valence-corrected chi connectivity index (χ1v) is 11.0. The van der Waals surface area contributed by atoms with Gasteiger partial charge in [0.1, 0.15) is 0 Å². The predicted molar refractivity (Wildman–Crippen MR) is 109 cm³/mol. The molecule has 0 fully saturated rings. The molecule has 3 N–H and O–H groups in total. The van der Waals surface area contributed by atoms with E-state index in [4.69, 9.17) is 5.21 Å². The summed E-state index contributed by atoms with van der Waals surface area (Å²) in [5.41, 5.74) is 3.58. The summed E-state index contributed by atoms with van der Waals surface area (Å²) in [6.07, 6.45) is 2.39. The van der Waals surface area contributed by atoms with Gasteiger partial charge >= 0.3 is 0 Å². The highest BCUT2D eigenvalue weighted by Crippen LogP contribution is 2.23. The standard InChI is InChI=1S/C20H26N2O6S/c1-14(23)12-15-4-6-16(7-5-15)17-8-10-22(18(24)13-17)11-9-20(2,19(25)21-26)29(3,27)28/h4-8,10,13-14,23,26H,9,11-12H2,1-3H3,(H,21,25). The van der Waals surface area contributed by atoms with Gasteiger partial charge in [0.2, 0.25) is 0 Å². The van der Waals surface area contributed by atoms with Crippen molar-refractivity contribution in [1.82, 2.24) is 10.0 Å². The molecule has 0 bridgehead atoms. The van der Waals surface area contributed by atoms with E-state index in [1.54, 1.807) is 19.2 Å². The Morgan fingerprint density at radius 2 is 1.83 bits per heavy atom. The minimum atomic E-state index is -3.83. The van der Waals surface area contributed by atoms with Gasteiger partial charge in [-0.05, 0) is 49.4 Å². The van der Waals surface area contributed by atoms with Crippen LogP contribution in [0, 0.1) is 0 Å².